The number of ether oxygens (including phenoxy) is 1. The summed E-state index contributed by atoms with van der Waals surface area (Å²) in [4.78, 5) is 2.42. The van der Waals surface area contributed by atoms with Crippen LogP contribution in [0.3, 0.4) is 0 Å². The molecule has 2 rings (SSSR count). The first-order valence-corrected chi connectivity index (χ1v) is 6.67. The lowest BCUT2D eigenvalue weighted by Gasteiger charge is -2.18. The van der Waals surface area contributed by atoms with Crippen molar-refractivity contribution in [1.82, 2.24) is 0 Å². The molecule has 1 aromatic rings. The van der Waals surface area contributed by atoms with Gasteiger partial charge in [0.1, 0.15) is 0 Å². The van der Waals surface area contributed by atoms with Crippen molar-refractivity contribution in [1.29, 1.82) is 0 Å². The predicted molar refractivity (Wildman–Crippen MR) is 74.3 cm³/mol. The molecule has 0 spiro atoms. The Kier molecular flexibility index (Phi) is 5.30. The highest BCUT2D eigenvalue weighted by molar-refractivity contribution is 5.55. The number of aliphatic hydroxyl groups is 1. The van der Waals surface area contributed by atoms with E-state index < -0.39 is 0 Å². The minimum absolute atomic E-state index is 0.0878. The number of anilines is 2. The summed E-state index contributed by atoms with van der Waals surface area (Å²) in [5.41, 5.74) is 2.43. The molecule has 1 fully saturated rings. The lowest BCUT2D eigenvalue weighted by Crippen LogP contribution is -2.17. The first-order valence-electron chi connectivity index (χ1n) is 6.67. The minimum atomic E-state index is 0.0878. The van der Waals surface area contributed by atoms with E-state index in [0.29, 0.717) is 13.2 Å². The van der Waals surface area contributed by atoms with E-state index in [1.54, 1.807) is 0 Å². The summed E-state index contributed by atoms with van der Waals surface area (Å²) in [5.74, 6) is 0. The van der Waals surface area contributed by atoms with Crippen LogP contribution in [0.15, 0.2) is 24.3 Å². The minimum Gasteiger partial charge on any atom is -0.394 e. The van der Waals surface area contributed by atoms with Crippen LogP contribution >= 0.6 is 0 Å². The molecule has 0 aromatic heterocycles. The molecule has 18 heavy (non-hydrogen) atoms. The van der Waals surface area contributed by atoms with Crippen LogP contribution in [0.2, 0.25) is 0 Å². The van der Waals surface area contributed by atoms with E-state index in [4.69, 9.17) is 9.84 Å². The second-order valence-corrected chi connectivity index (χ2v) is 4.50. The third-order valence-corrected chi connectivity index (χ3v) is 3.15. The van der Waals surface area contributed by atoms with Crippen LogP contribution in [0.1, 0.15) is 12.8 Å². The molecule has 100 valence electrons. The Labute approximate surface area is 109 Å². The van der Waals surface area contributed by atoms with Crippen molar-refractivity contribution in [3.8, 4) is 0 Å². The van der Waals surface area contributed by atoms with Crippen molar-refractivity contribution in [2.45, 2.75) is 12.8 Å². The molecule has 4 heteroatoms. The van der Waals surface area contributed by atoms with Crippen LogP contribution in [-0.2, 0) is 4.74 Å². The summed E-state index contributed by atoms with van der Waals surface area (Å²) in [7, 11) is 0. The maximum absolute atomic E-state index is 8.57. The van der Waals surface area contributed by atoms with Crippen molar-refractivity contribution < 1.29 is 9.84 Å². The SMILES string of the molecule is OCCOCCNc1ccc(N2CCCC2)cc1. The van der Waals surface area contributed by atoms with E-state index in [1.165, 1.54) is 31.6 Å². The van der Waals surface area contributed by atoms with Crippen LogP contribution in [-0.4, -0.2) is 44.6 Å². The summed E-state index contributed by atoms with van der Waals surface area (Å²) in [5, 5.41) is 11.9. The van der Waals surface area contributed by atoms with E-state index in [1.807, 2.05) is 0 Å². The van der Waals surface area contributed by atoms with Crippen LogP contribution in [0.5, 0.6) is 0 Å². The van der Waals surface area contributed by atoms with Crippen LogP contribution < -0.4 is 10.2 Å². The molecule has 1 aromatic carbocycles. The molecule has 0 saturated carbocycles. The predicted octanol–water partition coefficient (Wildman–Crippen LogP) is 1.71. The fourth-order valence-electron chi connectivity index (χ4n) is 2.20. The standard InChI is InChI=1S/C14H22N2O2/c17-10-12-18-11-7-15-13-3-5-14(6-4-13)16-8-1-2-9-16/h3-6,15,17H,1-2,7-12H2. The zero-order valence-electron chi connectivity index (χ0n) is 10.8. The normalized spacial score (nSPS) is 15.1. The van der Waals surface area contributed by atoms with Crippen LogP contribution in [0.4, 0.5) is 11.4 Å². The number of rotatable bonds is 7. The van der Waals surface area contributed by atoms with Gasteiger partial charge in [-0.1, -0.05) is 0 Å². The second kappa shape index (κ2) is 7.24. The first-order chi connectivity index (χ1) is 8.90. The largest absolute Gasteiger partial charge is 0.394 e. The number of aliphatic hydroxyl groups excluding tert-OH is 1. The number of nitrogens with one attached hydrogen (secondary N) is 1. The Hall–Kier alpha value is -1.26. The van der Waals surface area contributed by atoms with Gasteiger partial charge in [-0.05, 0) is 37.1 Å². The van der Waals surface area contributed by atoms with E-state index >= 15 is 0 Å². The molecule has 1 aliphatic heterocycles. The average Bonchev–Trinajstić information content (AvgIpc) is 2.93. The quantitative estimate of drug-likeness (QED) is 0.723. The maximum Gasteiger partial charge on any atom is 0.0698 e. The van der Waals surface area contributed by atoms with Gasteiger partial charge in [-0.2, -0.15) is 0 Å². The fraction of sp³-hybridized carbons (Fsp3) is 0.571. The molecule has 0 radical (unpaired) electrons. The maximum atomic E-state index is 8.57. The average molecular weight is 250 g/mol. The van der Waals surface area contributed by atoms with E-state index in [0.717, 1.165) is 12.2 Å². The van der Waals surface area contributed by atoms with Crippen molar-refractivity contribution in [3.63, 3.8) is 0 Å². The molecule has 0 unspecified atom stereocenters. The van der Waals surface area contributed by atoms with Gasteiger partial charge in [0.15, 0.2) is 0 Å². The molecule has 1 aliphatic rings. The van der Waals surface area contributed by atoms with Gasteiger partial charge in [0.2, 0.25) is 0 Å². The number of hydrogen-bond donors (Lipinski definition) is 2. The topological polar surface area (TPSA) is 44.7 Å². The molecule has 0 atom stereocenters. The lowest BCUT2D eigenvalue weighted by atomic mass is 10.2. The zero-order chi connectivity index (χ0) is 12.6. The molecule has 0 bridgehead atoms. The van der Waals surface area contributed by atoms with E-state index in [-0.39, 0.29) is 6.61 Å². The highest BCUT2D eigenvalue weighted by Crippen LogP contribution is 2.21. The van der Waals surface area contributed by atoms with E-state index in [9.17, 15) is 0 Å². The van der Waals surface area contributed by atoms with Gasteiger partial charge in [-0.3, -0.25) is 0 Å². The zero-order valence-corrected chi connectivity index (χ0v) is 10.8. The number of benzene rings is 1. The van der Waals surface area contributed by atoms with Gasteiger partial charge in [0, 0.05) is 31.0 Å². The van der Waals surface area contributed by atoms with E-state index in [2.05, 4.69) is 34.5 Å². The third kappa shape index (κ3) is 3.89. The van der Waals surface area contributed by atoms with Crippen LogP contribution in [0.25, 0.3) is 0 Å². The van der Waals surface area contributed by atoms with Gasteiger partial charge >= 0.3 is 0 Å². The summed E-state index contributed by atoms with van der Waals surface area (Å²) in [6.07, 6.45) is 2.62. The van der Waals surface area contributed by atoms with Gasteiger partial charge in [-0.15, -0.1) is 0 Å². The smallest absolute Gasteiger partial charge is 0.0698 e. The molecule has 1 saturated heterocycles. The Morgan fingerprint density at radius 3 is 2.50 bits per heavy atom. The first kappa shape index (κ1) is 13.2. The van der Waals surface area contributed by atoms with Crippen molar-refractivity contribution in [2.24, 2.45) is 0 Å². The third-order valence-electron chi connectivity index (χ3n) is 3.15. The molecule has 1 heterocycles. The van der Waals surface area contributed by atoms with Crippen LogP contribution in [0, 0.1) is 0 Å². The molecule has 4 nitrogen and oxygen atoms in total. The highest BCUT2D eigenvalue weighted by atomic mass is 16.5. The van der Waals surface area contributed by atoms with Gasteiger partial charge in [0.05, 0.1) is 19.8 Å². The summed E-state index contributed by atoms with van der Waals surface area (Å²) >= 11 is 0. The molecular weight excluding hydrogens is 228 g/mol. The van der Waals surface area contributed by atoms with Gasteiger partial charge < -0.3 is 20.1 Å². The summed E-state index contributed by atoms with van der Waals surface area (Å²) in [6.45, 7) is 4.25. The molecule has 0 aliphatic carbocycles. The lowest BCUT2D eigenvalue weighted by molar-refractivity contribution is 0.0992. The summed E-state index contributed by atoms with van der Waals surface area (Å²) < 4.78 is 5.19. The summed E-state index contributed by atoms with van der Waals surface area (Å²) in [6, 6.07) is 8.56. The molecule has 0 amide bonds. The van der Waals surface area contributed by atoms with Gasteiger partial charge in [-0.25, -0.2) is 0 Å². The Bertz CT molecular complexity index is 334. The number of hydrogen-bond acceptors (Lipinski definition) is 4. The van der Waals surface area contributed by atoms with Crippen molar-refractivity contribution in [2.75, 3.05) is 49.7 Å². The fourth-order valence-corrected chi connectivity index (χ4v) is 2.20. The molecular formula is C14H22N2O2. The van der Waals surface area contributed by atoms with Gasteiger partial charge in [0.25, 0.3) is 0 Å². The number of nitrogens with zero attached hydrogens (tertiary/aromatic N) is 1. The molecule has 2 N–H and O–H groups in total. The van der Waals surface area contributed by atoms with Crippen molar-refractivity contribution in [3.05, 3.63) is 24.3 Å². The second-order valence-electron chi connectivity index (χ2n) is 4.50. The monoisotopic (exact) mass is 250 g/mol. The Morgan fingerprint density at radius 1 is 1.11 bits per heavy atom. The highest BCUT2D eigenvalue weighted by Gasteiger charge is 2.11. The Morgan fingerprint density at radius 2 is 1.83 bits per heavy atom. The Balaban J connectivity index is 1.73. The van der Waals surface area contributed by atoms with Crippen molar-refractivity contribution >= 4 is 11.4 Å².